The largest absolute Gasteiger partial charge is 0.462 e. The summed E-state index contributed by atoms with van der Waals surface area (Å²) in [5, 5.41) is 2.67. The highest BCUT2D eigenvalue weighted by Gasteiger charge is 2.36. The van der Waals surface area contributed by atoms with E-state index < -0.39 is 34.3 Å². The molecule has 0 fully saturated rings. The Balaban J connectivity index is 1.67. The van der Waals surface area contributed by atoms with Gasteiger partial charge >= 0.3 is 5.97 Å². The van der Waals surface area contributed by atoms with Gasteiger partial charge in [0.2, 0.25) is 5.91 Å². The highest BCUT2D eigenvalue weighted by Crippen LogP contribution is 2.43. The molecule has 0 saturated carbocycles. The van der Waals surface area contributed by atoms with E-state index in [2.05, 4.69) is 5.32 Å². The van der Waals surface area contributed by atoms with Crippen LogP contribution in [-0.4, -0.2) is 33.4 Å². The molecule has 0 bridgehead atoms. The fourth-order valence-electron chi connectivity index (χ4n) is 3.80. The summed E-state index contributed by atoms with van der Waals surface area (Å²) >= 11 is 0. The maximum Gasteiger partial charge on any atom is 0.338 e. The van der Waals surface area contributed by atoms with Gasteiger partial charge in [0.1, 0.15) is 12.4 Å². The zero-order valence-electron chi connectivity index (χ0n) is 18.0. The minimum atomic E-state index is -4.06. The van der Waals surface area contributed by atoms with E-state index in [0.29, 0.717) is 27.9 Å². The van der Waals surface area contributed by atoms with Crippen molar-refractivity contribution >= 4 is 33.3 Å². The van der Waals surface area contributed by atoms with Crippen molar-refractivity contribution in [2.24, 2.45) is 0 Å². The van der Waals surface area contributed by atoms with Crippen LogP contribution in [-0.2, 0) is 19.6 Å². The molecular weight excluding hydrogens is 447 g/mol. The van der Waals surface area contributed by atoms with Crippen LogP contribution in [0.15, 0.2) is 65.6 Å². The summed E-state index contributed by atoms with van der Waals surface area (Å²) in [4.78, 5) is 25.0. The fourth-order valence-corrected chi connectivity index (χ4v) is 5.44. The lowest BCUT2D eigenvalue weighted by molar-refractivity contribution is -0.114. The summed E-state index contributed by atoms with van der Waals surface area (Å²) < 4.78 is 46.6. The third-order valence-corrected chi connectivity index (χ3v) is 7.18. The molecule has 1 aliphatic rings. The molecular formula is C24H21FN2O5S. The molecule has 7 nitrogen and oxygen atoms in total. The third kappa shape index (κ3) is 4.07. The lowest BCUT2D eigenvalue weighted by atomic mass is 10.0. The van der Waals surface area contributed by atoms with Crippen LogP contribution >= 0.6 is 0 Å². The number of rotatable bonds is 5. The van der Waals surface area contributed by atoms with Crippen molar-refractivity contribution in [1.29, 1.82) is 0 Å². The first-order valence-corrected chi connectivity index (χ1v) is 11.7. The van der Waals surface area contributed by atoms with E-state index in [0.717, 1.165) is 10.4 Å². The smallest absolute Gasteiger partial charge is 0.338 e. The molecule has 0 spiro atoms. The summed E-state index contributed by atoms with van der Waals surface area (Å²) in [6, 6.07) is 14.8. The first kappa shape index (κ1) is 22.5. The van der Waals surface area contributed by atoms with Gasteiger partial charge in [0.15, 0.2) is 0 Å². The lowest BCUT2D eigenvalue weighted by Crippen LogP contribution is -2.40. The standard InChI is InChI=1S/C24H21FN2O5S/c1-3-32-24(29)17-8-6-9-20(15(17)2)26-23(28)14-27-21-12-11-16(25)13-19(21)18-7-4-5-10-22(18)33(27,30)31/h4-13H,3,14H2,1-2H3,(H,26,28). The number of halogens is 1. The normalized spacial score (nSPS) is 13.6. The first-order valence-electron chi connectivity index (χ1n) is 10.2. The maximum atomic E-state index is 14.0. The molecule has 0 saturated heterocycles. The van der Waals surface area contributed by atoms with Crippen LogP contribution in [0.2, 0.25) is 0 Å². The molecule has 0 aliphatic carbocycles. The molecule has 33 heavy (non-hydrogen) atoms. The minimum Gasteiger partial charge on any atom is -0.462 e. The van der Waals surface area contributed by atoms with Crippen LogP contribution in [0.1, 0.15) is 22.8 Å². The Hall–Kier alpha value is -3.72. The monoisotopic (exact) mass is 468 g/mol. The number of hydrogen-bond acceptors (Lipinski definition) is 5. The van der Waals surface area contributed by atoms with Crippen LogP contribution in [0.5, 0.6) is 0 Å². The second-order valence-corrected chi connectivity index (χ2v) is 9.25. The molecule has 1 aliphatic heterocycles. The van der Waals surface area contributed by atoms with Crippen molar-refractivity contribution in [2.45, 2.75) is 18.7 Å². The van der Waals surface area contributed by atoms with Gasteiger partial charge in [-0.05, 0) is 55.8 Å². The lowest BCUT2D eigenvalue weighted by Gasteiger charge is -2.31. The Morgan fingerprint density at radius 2 is 1.79 bits per heavy atom. The minimum absolute atomic E-state index is 0.00334. The average molecular weight is 469 g/mol. The Morgan fingerprint density at radius 1 is 1.03 bits per heavy atom. The van der Waals surface area contributed by atoms with Crippen molar-refractivity contribution < 1.29 is 27.1 Å². The Bertz CT molecular complexity index is 1370. The van der Waals surface area contributed by atoms with E-state index in [4.69, 9.17) is 4.74 Å². The topological polar surface area (TPSA) is 92.8 Å². The molecule has 0 unspecified atom stereocenters. The van der Waals surface area contributed by atoms with E-state index in [1.165, 1.54) is 18.2 Å². The number of hydrogen-bond donors (Lipinski definition) is 1. The predicted octanol–water partition coefficient (Wildman–Crippen LogP) is 4.13. The molecule has 0 aromatic heterocycles. The van der Waals surface area contributed by atoms with Crippen molar-refractivity contribution in [2.75, 3.05) is 22.8 Å². The third-order valence-electron chi connectivity index (χ3n) is 5.36. The molecule has 0 radical (unpaired) electrons. The van der Waals surface area contributed by atoms with E-state index in [-0.39, 0.29) is 17.2 Å². The van der Waals surface area contributed by atoms with Gasteiger partial charge in [-0.2, -0.15) is 0 Å². The van der Waals surface area contributed by atoms with Crippen LogP contribution in [0.4, 0.5) is 15.8 Å². The highest BCUT2D eigenvalue weighted by molar-refractivity contribution is 7.93. The van der Waals surface area contributed by atoms with Crippen LogP contribution in [0.25, 0.3) is 11.1 Å². The van der Waals surface area contributed by atoms with Crippen LogP contribution < -0.4 is 9.62 Å². The summed E-state index contributed by atoms with van der Waals surface area (Å²) in [7, 11) is -4.06. The van der Waals surface area contributed by atoms with Gasteiger partial charge in [-0.1, -0.05) is 24.3 Å². The van der Waals surface area contributed by atoms with Crippen LogP contribution in [0, 0.1) is 12.7 Å². The summed E-state index contributed by atoms with van der Waals surface area (Å²) in [5.41, 5.74) is 2.13. The molecule has 3 aromatic carbocycles. The highest BCUT2D eigenvalue weighted by atomic mass is 32.2. The zero-order valence-corrected chi connectivity index (χ0v) is 18.8. The van der Waals surface area contributed by atoms with Crippen molar-refractivity contribution in [3.8, 4) is 11.1 Å². The number of nitrogens with zero attached hydrogens (tertiary/aromatic N) is 1. The Kier molecular flexibility index (Phi) is 5.90. The van der Waals surface area contributed by atoms with Gasteiger partial charge < -0.3 is 10.1 Å². The summed E-state index contributed by atoms with van der Waals surface area (Å²) in [6.45, 7) is 3.04. The molecule has 3 aromatic rings. The zero-order chi connectivity index (χ0) is 23.8. The second-order valence-electron chi connectivity index (χ2n) is 7.42. The number of anilines is 2. The molecule has 9 heteroatoms. The van der Waals surface area contributed by atoms with E-state index in [1.807, 2.05) is 0 Å². The number of sulfonamides is 1. The Morgan fingerprint density at radius 3 is 2.55 bits per heavy atom. The number of nitrogens with one attached hydrogen (secondary N) is 1. The first-order chi connectivity index (χ1) is 15.7. The van der Waals surface area contributed by atoms with Gasteiger partial charge in [-0.25, -0.2) is 17.6 Å². The van der Waals surface area contributed by atoms with Crippen molar-refractivity contribution in [3.05, 3.63) is 77.6 Å². The van der Waals surface area contributed by atoms with Gasteiger partial charge in [0, 0.05) is 16.8 Å². The number of carbonyl (C=O) groups is 2. The van der Waals surface area contributed by atoms with Crippen molar-refractivity contribution in [1.82, 2.24) is 0 Å². The number of ether oxygens (including phenoxy) is 1. The fraction of sp³-hybridized carbons (Fsp3) is 0.167. The second kappa shape index (κ2) is 8.67. The molecule has 1 amide bonds. The number of fused-ring (bicyclic) bond motifs is 3. The predicted molar refractivity (Wildman–Crippen MR) is 122 cm³/mol. The van der Waals surface area contributed by atoms with Gasteiger partial charge in [-0.15, -0.1) is 0 Å². The van der Waals surface area contributed by atoms with Gasteiger partial charge in [-0.3, -0.25) is 9.10 Å². The Labute approximate surface area is 190 Å². The number of carbonyl (C=O) groups excluding carboxylic acids is 2. The molecule has 1 heterocycles. The van der Waals surface area contributed by atoms with Crippen LogP contribution in [0.3, 0.4) is 0 Å². The number of amides is 1. The van der Waals surface area contributed by atoms with Gasteiger partial charge in [0.05, 0.1) is 22.8 Å². The number of esters is 1. The average Bonchev–Trinajstić information content (AvgIpc) is 2.78. The quantitative estimate of drug-likeness (QED) is 0.569. The maximum absolute atomic E-state index is 14.0. The summed E-state index contributed by atoms with van der Waals surface area (Å²) in [5.74, 6) is -1.65. The SMILES string of the molecule is CCOC(=O)c1cccc(NC(=O)CN2c3ccc(F)cc3-c3ccccc3S2(=O)=O)c1C. The van der Waals surface area contributed by atoms with Crippen molar-refractivity contribution in [3.63, 3.8) is 0 Å². The number of benzene rings is 3. The molecule has 170 valence electrons. The molecule has 1 N–H and O–H groups in total. The molecule has 0 atom stereocenters. The van der Waals surface area contributed by atoms with Gasteiger partial charge in [0.25, 0.3) is 10.0 Å². The molecule has 4 rings (SSSR count). The van der Waals surface area contributed by atoms with E-state index >= 15 is 0 Å². The summed E-state index contributed by atoms with van der Waals surface area (Å²) in [6.07, 6.45) is 0. The van der Waals surface area contributed by atoms with E-state index in [1.54, 1.807) is 50.2 Å². The van der Waals surface area contributed by atoms with E-state index in [9.17, 15) is 22.4 Å².